The molecule has 0 aromatic rings. The van der Waals surface area contributed by atoms with Crippen molar-refractivity contribution in [3.05, 3.63) is 0 Å². The summed E-state index contributed by atoms with van der Waals surface area (Å²) in [6.45, 7) is 0. The van der Waals surface area contributed by atoms with Crippen LogP contribution in [-0.2, 0) is 8.46 Å². The second kappa shape index (κ2) is 16.8. The summed E-state index contributed by atoms with van der Waals surface area (Å²) in [4.78, 5) is 0. The van der Waals surface area contributed by atoms with Gasteiger partial charge in [-0.3, -0.25) is 0 Å². The van der Waals surface area contributed by atoms with Gasteiger partial charge in [0.05, 0.1) is 0 Å². The molecule has 2 nitrogen and oxygen atoms in total. The summed E-state index contributed by atoms with van der Waals surface area (Å²) in [6.07, 6.45) is 0. The van der Waals surface area contributed by atoms with Crippen LogP contribution < -0.4 is 0 Å². The summed E-state index contributed by atoms with van der Waals surface area (Å²) in [5.74, 6) is 0. The van der Waals surface area contributed by atoms with Crippen molar-refractivity contribution in [1.29, 1.82) is 0 Å². The van der Waals surface area contributed by atoms with Crippen molar-refractivity contribution < 1.29 is 19.4 Å². The zero-order valence-corrected chi connectivity index (χ0v) is 7.31. The van der Waals surface area contributed by atoms with Crippen molar-refractivity contribution in [2.24, 2.45) is 0 Å². The zero-order valence-electron chi connectivity index (χ0n) is 2.06. The molecule has 0 aliphatic heterocycles. The molecule has 0 rings (SSSR count). The van der Waals surface area contributed by atoms with Gasteiger partial charge in [0, 0.05) is 0 Å². The van der Waals surface area contributed by atoms with Crippen LogP contribution in [0.5, 0.6) is 0 Å². The molecule has 0 fully saturated rings. The van der Waals surface area contributed by atoms with E-state index in [1.165, 1.54) is 0 Å². The van der Waals surface area contributed by atoms with E-state index in [0.717, 1.165) is 0 Å². The third-order valence-electron chi connectivity index (χ3n) is 0. The average Bonchev–Trinajstić information content (AvgIpc) is 0.918. The molecule has 0 aromatic heterocycles. The SMILES string of the molecule is O.O.[I][Cu][I]. The fourth-order valence-electron chi connectivity index (χ4n) is 0. The predicted octanol–water partition coefficient (Wildman–Crippen LogP) is 0.120. The van der Waals surface area contributed by atoms with E-state index in [2.05, 4.69) is 40.7 Å². The molecule has 0 saturated heterocycles. The molecular weight excluding hydrogens is 349 g/mol. The van der Waals surface area contributed by atoms with Crippen LogP contribution in [0.25, 0.3) is 0 Å². The molecule has 4 N–H and O–H groups in total. The van der Waals surface area contributed by atoms with Crippen LogP contribution in [0.4, 0.5) is 0 Å². The van der Waals surface area contributed by atoms with Gasteiger partial charge in [0.15, 0.2) is 0 Å². The normalized spacial score (nSPS) is 4.40. The summed E-state index contributed by atoms with van der Waals surface area (Å²) in [5, 5.41) is 0. The van der Waals surface area contributed by atoms with E-state index in [9.17, 15) is 0 Å². The Hall–Kier alpha value is 1.90. The fraction of sp³-hybridized carbons (Fsp3) is 0. The maximum atomic E-state index is 2.18. The van der Waals surface area contributed by atoms with Gasteiger partial charge in [0.1, 0.15) is 0 Å². The van der Waals surface area contributed by atoms with Crippen molar-refractivity contribution in [3.63, 3.8) is 0 Å². The second-order valence-corrected chi connectivity index (χ2v) is 7.99. The molecule has 0 unspecified atom stereocenters. The van der Waals surface area contributed by atoms with Crippen LogP contribution in [0.2, 0.25) is 0 Å². The van der Waals surface area contributed by atoms with Gasteiger partial charge < -0.3 is 11.0 Å². The van der Waals surface area contributed by atoms with Crippen LogP contribution in [0.15, 0.2) is 0 Å². The molecule has 0 aromatic carbocycles. The molecule has 5 heavy (non-hydrogen) atoms. The standard InChI is InChI=1S/Cu.2HI.2H2O/h;2*1H;2*1H2/q+2;;;;/p-2. The van der Waals surface area contributed by atoms with Crippen molar-refractivity contribution in [1.82, 2.24) is 0 Å². The molecule has 0 amide bonds. The number of hydrogen-bond acceptors (Lipinski definition) is 0. The van der Waals surface area contributed by atoms with Crippen LogP contribution in [-0.4, -0.2) is 11.0 Å². The first-order valence-corrected chi connectivity index (χ1v) is 6.30. The molecular formula is H4CuI2O2. The Balaban J connectivity index is -0.0000000200. The van der Waals surface area contributed by atoms with Crippen LogP contribution in [0.3, 0.4) is 0 Å². The molecule has 0 aliphatic carbocycles. The monoisotopic (exact) mass is 353 g/mol. The topological polar surface area (TPSA) is 63.0 Å². The number of rotatable bonds is 0. The van der Waals surface area contributed by atoms with Crippen molar-refractivity contribution >= 4 is 40.7 Å². The first-order chi connectivity index (χ1) is 1.41. The molecule has 0 radical (unpaired) electrons. The quantitative estimate of drug-likeness (QED) is 0.439. The van der Waals surface area contributed by atoms with E-state index in [-0.39, 0.29) is 11.0 Å². The van der Waals surface area contributed by atoms with Gasteiger partial charge in [-0.05, 0) is 0 Å². The average molecular weight is 353 g/mol. The molecule has 0 saturated carbocycles. The Bertz CT molecular complexity index is 7.61. The Morgan fingerprint density at radius 3 is 1.00 bits per heavy atom. The van der Waals surface area contributed by atoms with E-state index in [4.69, 9.17) is 0 Å². The molecule has 0 heterocycles. The minimum absolute atomic E-state index is 0. The van der Waals surface area contributed by atoms with Gasteiger partial charge in [-0.2, -0.15) is 0 Å². The first-order valence-electron chi connectivity index (χ1n) is 0.228. The second-order valence-electron chi connectivity index (χ2n) is 0.0431. The van der Waals surface area contributed by atoms with Crippen molar-refractivity contribution in [2.75, 3.05) is 0 Å². The molecule has 0 bridgehead atoms. The van der Waals surface area contributed by atoms with Gasteiger partial charge in [-0.15, -0.1) is 0 Å². The van der Waals surface area contributed by atoms with E-state index in [0.29, 0.717) is 0 Å². The molecule has 0 atom stereocenters. The Morgan fingerprint density at radius 1 is 1.00 bits per heavy atom. The molecule has 5 heteroatoms. The fourth-order valence-corrected chi connectivity index (χ4v) is 0. The van der Waals surface area contributed by atoms with Crippen molar-refractivity contribution in [2.45, 2.75) is 0 Å². The van der Waals surface area contributed by atoms with E-state index in [1.54, 1.807) is 8.46 Å². The number of hydrogen-bond donors (Lipinski definition) is 0. The Kier molecular flexibility index (Phi) is 53.2. The van der Waals surface area contributed by atoms with E-state index >= 15 is 0 Å². The Morgan fingerprint density at radius 2 is 1.00 bits per heavy atom. The summed E-state index contributed by atoms with van der Waals surface area (Å²) in [7, 11) is 1.75. The summed E-state index contributed by atoms with van der Waals surface area (Å²) >= 11 is 4.36. The van der Waals surface area contributed by atoms with Crippen LogP contribution in [0.1, 0.15) is 0 Å². The van der Waals surface area contributed by atoms with Gasteiger partial charge in [-0.25, -0.2) is 0 Å². The maximum absolute atomic E-state index is 2.18. The van der Waals surface area contributed by atoms with Crippen LogP contribution >= 0.6 is 40.7 Å². The van der Waals surface area contributed by atoms with Gasteiger partial charge in [0.2, 0.25) is 0 Å². The molecule has 41 valence electrons. The van der Waals surface area contributed by atoms with Crippen molar-refractivity contribution in [3.8, 4) is 0 Å². The third kappa shape index (κ3) is 24.9. The van der Waals surface area contributed by atoms with Gasteiger partial charge in [0.25, 0.3) is 0 Å². The summed E-state index contributed by atoms with van der Waals surface area (Å²) < 4.78 is 0. The third-order valence-corrected chi connectivity index (χ3v) is 0. The summed E-state index contributed by atoms with van der Waals surface area (Å²) in [6, 6.07) is 0. The van der Waals surface area contributed by atoms with Crippen LogP contribution in [0, 0.1) is 0 Å². The summed E-state index contributed by atoms with van der Waals surface area (Å²) in [5.41, 5.74) is 0. The molecule has 0 spiro atoms. The van der Waals surface area contributed by atoms with Gasteiger partial charge in [-0.1, -0.05) is 0 Å². The van der Waals surface area contributed by atoms with Gasteiger partial charge >= 0.3 is 49.1 Å². The number of halogens is 2. The predicted molar refractivity (Wildman–Crippen MR) is 35.3 cm³/mol. The van der Waals surface area contributed by atoms with E-state index < -0.39 is 0 Å². The first kappa shape index (κ1) is 15.8. The Labute approximate surface area is 59.3 Å². The zero-order chi connectivity index (χ0) is 2.71. The minimum atomic E-state index is 0. The van der Waals surface area contributed by atoms with E-state index in [1.807, 2.05) is 0 Å². The molecule has 0 aliphatic rings.